The Morgan fingerprint density at radius 2 is 1.95 bits per heavy atom. The van der Waals surface area contributed by atoms with E-state index in [1.54, 1.807) is 25.4 Å². The van der Waals surface area contributed by atoms with Gasteiger partial charge in [0, 0.05) is 63.9 Å². The molecule has 0 amide bonds. The van der Waals surface area contributed by atoms with Crippen molar-refractivity contribution in [2.45, 2.75) is 13.0 Å². The summed E-state index contributed by atoms with van der Waals surface area (Å²) < 4.78 is 31.1. The summed E-state index contributed by atoms with van der Waals surface area (Å²) in [4.78, 5) is 20.0. The first-order chi connectivity index (χ1) is 18.0. The molecular formula is C27H34FN5O4. The molecule has 4 rings (SSSR count). The Labute approximate surface area is 216 Å². The van der Waals surface area contributed by atoms with Crippen LogP contribution in [0.5, 0.6) is 5.75 Å². The first-order valence-electron chi connectivity index (χ1n) is 12.4. The number of likely N-dealkylation sites (N-methyl/N-ethyl adjacent to an activating group) is 1. The van der Waals surface area contributed by atoms with Crippen LogP contribution in [0.1, 0.15) is 11.1 Å². The van der Waals surface area contributed by atoms with Crippen molar-refractivity contribution in [3.05, 3.63) is 53.5 Å². The Balaban J connectivity index is 1.83. The molecule has 9 nitrogen and oxygen atoms in total. The molecule has 0 aliphatic carbocycles. The van der Waals surface area contributed by atoms with Crippen molar-refractivity contribution < 1.29 is 23.4 Å². The standard InChI is InChI=1S/C27H34FN5O4/c1-32-6-8-33(9-7-32)25-14-21-23(15-26(25)37-12-11-35-2)30-17-20(5-10-36-18-34)27(21)31-24-13-19(16-29)3-4-22(24)28/h3-4,13-15,17-18H,5-12,16,29H2,1-2H3,(H,30,31). The lowest BCUT2D eigenvalue weighted by atomic mass is 10.0. The zero-order valence-corrected chi connectivity index (χ0v) is 21.3. The lowest BCUT2D eigenvalue weighted by Gasteiger charge is -2.35. The number of ether oxygens (including phenoxy) is 3. The number of piperazine rings is 1. The van der Waals surface area contributed by atoms with Crippen molar-refractivity contribution in [3.8, 4) is 5.75 Å². The molecule has 37 heavy (non-hydrogen) atoms. The molecule has 3 N–H and O–H groups in total. The molecule has 0 atom stereocenters. The van der Waals surface area contributed by atoms with Crippen LogP contribution in [0.4, 0.5) is 21.5 Å². The number of nitrogens with two attached hydrogens (primary N) is 1. The number of pyridine rings is 1. The fourth-order valence-corrected chi connectivity index (χ4v) is 4.38. The molecule has 0 bridgehead atoms. The number of nitrogens with one attached hydrogen (secondary N) is 1. The van der Waals surface area contributed by atoms with Gasteiger partial charge in [-0.15, -0.1) is 0 Å². The number of hydrogen-bond donors (Lipinski definition) is 2. The van der Waals surface area contributed by atoms with Gasteiger partial charge in [0.05, 0.1) is 35.8 Å². The highest BCUT2D eigenvalue weighted by molar-refractivity contribution is 5.98. The van der Waals surface area contributed by atoms with Gasteiger partial charge in [-0.05, 0) is 36.4 Å². The lowest BCUT2D eigenvalue weighted by molar-refractivity contribution is -0.128. The van der Waals surface area contributed by atoms with E-state index in [-0.39, 0.29) is 6.61 Å². The highest BCUT2D eigenvalue weighted by Gasteiger charge is 2.21. The molecule has 1 aliphatic rings. The highest BCUT2D eigenvalue weighted by Crippen LogP contribution is 2.39. The van der Waals surface area contributed by atoms with E-state index in [4.69, 9.17) is 19.9 Å². The number of methoxy groups -OCH3 is 1. The summed E-state index contributed by atoms with van der Waals surface area (Å²) in [6.07, 6.45) is 2.14. The predicted molar refractivity (Wildman–Crippen MR) is 142 cm³/mol. The second kappa shape index (κ2) is 12.7. The quantitative estimate of drug-likeness (QED) is 0.281. The van der Waals surface area contributed by atoms with Gasteiger partial charge in [-0.3, -0.25) is 9.78 Å². The number of nitrogens with zero attached hydrogens (tertiary/aromatic N) is 3. The zero-order valence-electron chi connectivity index (χ0n) is 21.3. The van der Waals surface area contributed by atoms with Crippen LogP contribution in [0.25, 0.3) is 10.9 Å². The van der Waals surface area contributed by atoms with Crippen molar-refractivity contribution in [3.63, 3.8) is 0 Å². The zero-order chi connectivity index (χ0) is 26.2. The van der Waals surface area contributed by atoms with Crippen molar-refractivity contribution >= 4 is 34.4 Å². The third-order valence-corrected chi connectivity index (χ3v) is 6.50. The Morgan fingerprint density at radius 3 is 2.68 bits per heavy atom. The largest absolute Gasteiger partial charge is 0.489 e. The second-order valence-electron chi connectivity index (χ2n) is 8.99. The van der Waals surface area contributed by atoms with E-state index in [1.807, 2.05) is 12.1 Å². The summed E-state index contributed by atoms with van der Waals surface area (Å²) in [5, 5.41) is 4.11. The Kier molecular flexibility index (Phi) is 9.10. The molecule has 0 spiro atoms. The third-order valence-electron chi connectivity index (χ3n) is 6.50. The van der Waals surface area contributed by atoms with Crippen LogP contribution in [-0.2, 0) is 27.2 Å². The van der Waals surface area contributed by atoms with E-state index < -0.39 is 5.82 Å². The van der Waals surface area contributed by atoms with Crippen molar-refractivity contribution in [1.82, 2.24) is 9.88 Å². The van der Waals surface area contributed by atoms with Crippen LogP contribution in [0.15, 0.2) is 36.5 Å². The van der Waals surface area contributed by atoms with Crippen LogP contribution in [-0.4, -0.2) is 76.5 Å². The maximum absolute atomic E-state index is 14.8. The number of halogens is 1. The topological polar surface area (TPSA) is 102 Å². The van der Waals surface area contributed by atoms with Gasteiger partial charge in [-0.1, -0.05) is 6.07 Å². The Bertz CT molecular complexity index is 1220. The van der Waals surface area contributed by atoms with Crippen molar-refractivity contribution in [2.75, 3.05) is 70.4 Å². The van der Waals surface area contributed by atoms with Crippen LogP contribution in [0.3, 0.4) is 0 Å². The van der Waals surface area contributed by atoms with E-state index in [1.165, 1.54) is 6.07 Å². The van der Waals surface area contributed by atoms with Crippen LogP contribution < -0.4 is 20.7 Å². The summed E-state index contributed by atoms with van der Waals surface area (Å²) in [5.41, 5.74) is 10.1. The fraction of sp³-hybridized carbons (Fsp3) is 0.407. The predicted octanol–water partition coefficient (Wildman–Crippen LogP) is 3.07. The third kappa shape index (κ3) is 6.46. The molecule has 0 saturated carbocycles. The minimum atomic E-state index is -0.393. The van der Waals surface area contributed by atoms with E-state index in [9.17, 15) is 9.18 Å². The molecule has 3 aromatic rings. The maximum Gasteiger partial charge on any atom is 0.293 e. The number of rotatable bonds is 12. The van der Waals surface area contributed by atoms with Crippen LogP contribution in [0.2, 0.25) is 0 Å². The van der Waals surface area contributed by atoms with Crippen LogP contribution in [0, 0.1) is 5.82 Å². The first-order valence-corrected chi connectivity index (χ1v) is 12.4. The number of carbonyl (C=O) groups is 1. The minimum Gasteiger partial charge on any atom is -0.489 e. The molecule has 0 unspecified atom stereocenters. The van der Waals surface area contributed by atoms with Gasteiger partial charge in [-0.2, -0.15) is 0 Å². The Morgan fingerprint density at radius 1 is 1.14 bits per heavy atom. The molecular weight excluding hydrogens is 477 g/mol. The summed E-state index contributed by atoms with van der Waals surface area (Å²) in [6, 6.07) is 8.74. The monoisotopic (exact) mass is 511 g/mol. The van der Waals surface area contributed by atoms with Gasteiger partial charge in [-0.25, -0.2) is 4.39 Å². The molecule has 1 saturated heterocycles. The lowest BCUT2D eigenvalue weighted by Crippen LogP contribution is -2.44. The molecule has 0 radical (unpaired) electrons. The molecule has 1 aliphatic heterocycles. The minimum absolute atomic E-state index is 0.181. The first kappa shape index (κ1) is 26.6. The summed E-state index contributed by atoms with van der Waals surface area (Å²) in [7, 11) is 3.75. The molecule has 2 heterocycles. The number of fused-ring (bicyclic) bond motifs is 1. The number of anilines is 3. The number of carbonyl (C=O) groups excluding carboxylic acids is 1. The summed E-state index contributed by atoms with van der Waals surface area (Å²) >= 11 is 0. The smallest absolute Gasteiger partial charge is 0.293 e. The highest BCUT2D eigenvalue weighted by atomic mass is 19.1. The fourth-order valence-electron chi connectivity index (χ4n) is 4.38. The van der Waals surface area contributed by atoms with Crippen molar-refractivity contribution in [2.24, 2.45) is 5.73 Å². The molecule has 10 heteroatoms. The SMILES string of the molecule is COCCOc1cc2ncc(CCOC=O)c(Nc3cc(CN)ccc3F)c2cc1N1CCN(C)CC1. The summed E-state index contributed by atoms with van der Waals surface area (Å²) in [5.74, 6) is 0.331. The second-order valence-corrected chi connectivity index (χ2v) is 8.99. The maximum atomic E-state index is 14.8. The Hall–Kier alpha value is -3.47. The molecule has 2 aromatic carbocycles. The van der Waals surface area contributed by atoms with Gasteiger partial charge in [0.2, 0.25) is 0 Å². The van der Waals surface area contributed by atoms with Gasteiger partial charge in [0.1, 0.15) is 18.2 Å². The normalized spacial score (nSPS) is 14.1. The van der Waals surface area contributed by atoms with Gasteiger partial charge >= 0.3 is 0 Å². The average molecular weight is 512 g/mol. The van der Waals surface area contributed by atoms with Gasteiger partial charge in [0.25, 0.3) is 6.47 Å². The van der Waals surface area contributed by atoms with E-state index >= 15 is 0 Å². The van der Waals surface area contributed by atoms with Gasteiger partial charge in [0.15, 0.2) is 0 Å². The molecule has 1 fully saturated rings. The number of benzene rings is 2. The van der Waals surface area contributed by atoms with E-state index in [0.717, 1.165) is 54.1 Å². The van der Waals surface area contributed by atoms with E-state index in [0.29, 0.717) is 49.5 Å². The summed E-state index contributed by atoms with van der Waals surface area (Å²) in [6.45, 7) is 5.32. The molecule has 1 aromatic heterocycles. The number of hydrogen-bond acceptors (Lipinski definition) is 9. The number of aromatic nitrogens is 1. The van der Waals surface area contributed by atoms with Crippen LogP contribution >= 0.6 is 0 Å². The van der Waals surface area contributed by atoms with E-state index in [2.05, 4.69) is 27.1 Å². The average Bonchev–Trinajstić information content (AvgIpc) is 2.91. The van der Waals surface area contributed by atoms with Crippen molar-refractivity contribution in [1.29, 1.82) is 0 Å². The van der Waals surface area contributed by atoms with Gasteiger partial charge < -0.3 is 35.1 Å². The molecule has 198 valence electrons.